The summed E-state index contributed by atoms with van der Waals surface area (Å²) in [6, 6.07) is 0. The van der Waals surface area contributed by atoms with E-state index in [1.165, 1.54) is 25.7 Å². The predicted molar refractivity (Wildman–Crippen MR) is 87.4 cm³/mol. The summed E-state index contributed by atoms with van der Waals surface area (Å²) in [5.74, 6) is 6.83. The second kappa shape index (κ2) is 3.83. The van der Waals surface area contributed by atoms with Crippen molar-refractivity contribution in [2.75, 3.05) is 0 Å². The fourth-order valence-electron chi connectivity index (χ4n) is 9.14. The summed E-state index contributed by atoms with van der Waals surface area (Å²) < 4.78 is 6.44. The molecule has 6 fully saturated rings. The Morgan fingerprint density at radius 3 is 2.22 bits per heavy atom. The van der Waals surface area contributed by atoms with Crippen molar-refractivity contribution in [1.82, 2.24) is 0 Å². The number of fused-ring (bicyclic) bond motifs is 2. The third-order valence-electron chi connectivity index (χ3n) is 10.5. The molecule has 0 heterocycles. The molecule has 9 unspecified atom stereocenters. The number of hydrogen-bond donors (Lipinski definition) is 0. The lowest BCUT2D eigenvalue weighted by molar-refractivity contribution is -0.460. The minimum atomic E-state index is -0.0405. The quantitative estimate of drug-likeness (QED) is 0.727. The van der Waals surface area contributed by atoms with E-state index >= 15 is 0 Å². The number of rotatable bonds is 3. The maximum Gasteiger partial charge on any atom is 0.309 e. The molecule has 0 amide bonds. The third-order valence-corrected chi connectivity index (χ3v) is 10.5. The van der Waals surface area contributed by atoms with E-state index in [0.717, 1.165) is 48.3 Å². The van der Waals surface area contributed by atoms with Crippen LogP contribution in [0, 0.1) is 58.7 Å². The second-order valence-corrected chi connectivity index (χ2v) is 10.2. The van der Waals surface area contributed by atoms with Gasteiger partial charge in [-0.1, -0.05) is 20.8 Å². The Kier molecular flexibility index (Phi) is 2.29. The minimum Gasteiger partial charge on any atom is -0.458 e. The molecule has 0 radical (unpaired) electrons. The number of hydrogen-bond acceptors (Lipinski definition) is 2. The van der Waals surface area contributed by atoms with Crippen LogP contribution in [0.25, 0.3) is 0 Å². The average molecular weight is 314 g/mol. The summed E-state index contributed by atoms with van der Waals surface area (Å²) in [5, 5.41) is 0. The lowest BCUT2D eigenvalue weighted by Gasteiger charge is -2.91. The van der Waals surface area contributed by atoms with Crippen molar-refractivity contribution in [3.8, 4) is 0 Å². The summed E-state index contributed by atoms with van der Waals surface area (Å²) in [7, 11) is 0. The zero-order valence-corrected chi connectivity index (χ0v) is 14.8. The zero-order valence-electron chi connectivity index (χ0n) is 14.8. The van der Waals surface area contributed by atoms with Crippen LogP contribution < -0.4 is 0 Å². The molecule has 6 saturated carbocycles. The Morgan fingerprint density at radius 1 is 1.00 bits per heavy atom. The monoisotopic (exact) mass is 314 g/mol. The van der Waals surface area contributed by atoms with Crippen molar-refractivity contribution >= 4 is 5.97 Å². The van der Waals surface area contributed by atoms with Gasteiger partial charge in [0.15, 0.2) is 0 Å². The molecule has 0 aliphatic heterocycles. The molecule has 0 N–H and O–H groups in total. The maximum atomic E-state index is 13.1. The SMILES string of the molecule is CCC1(OC(=O)C2CC3CC2C(C)C3C)C2CC3CC4CC1C342. The molecule has 0 aromatic heterocycles. The van der Waals surface area contributed by atoms with Gasteiger partial charge in [-0.15, -0.1) is 0 Å². The van der Waals surface area contributed by atoms with E-state index in [0.29, 0.717) is 17.3 Å². The van der Waals surface area contributed by atoms with Crippen molar-refractivity contribution in [2.24, 2.45) is 58.7 Å². The Balaban J connectivity index is 1.22. The molecular formula is C21H30O2. The molecule has 6 aliphatic rings. The van der Waals surface area contributed by atoms with Gasteiger partial charge in [0, 0.05) is 11.8 Å². The van der Waals surface area contributed by atoms with Gasteiger partial charge < -0.3 is 4.74 Å². The Labute approximate surface area is 139 Å². The molecule has 9 atom stereocenters. The Morgan fingerprint density at radius 2 is 1.70 bits per heavy atom. The Hall–Kier alpha value is -0.530. The van der Waals surface area contributed by atoms with Gasteiger partial charge in [0.25, 0.3) is 0 Å². The molecule has 2 bridgehead atoms. The number of esters is 1. The number of ether oxygens (including phenoxy) is 1. The van der Waals surface area contributed by atoms with E-state index in [9.17, 15) is 4.79 Å². The van der Waals surface area contributed by atoms with Gasteiger partial charge in [0.05, 0.1) is 5.92 Å². The van der Waals surface area contributed by atoms with E-state index in [-0.39, 0.29) is 17.5 Å². The van der Waals surface area contributed by atoms with Crippen LogP contribution in [0.15, 0.2) is 0 Å². The standard InChI is InChI=1S/C21H30O2/c1-4-20(17-8-13-7-14-9-18(20)21(13,14)17)23-19(22)16-6-12-5-15(16)11(3)10(12)2/h10-18H,4-9H2,1-3H3. The summed E-state index contributed by atoms with van der Waals surface area (Å²) in [6.45, 7) is 7.02. The van der Waals surface area contributed by atoms with Gasteiger partial charge in [-0.25, -0.2) is 0 Å². The van der Waals surface area contributed by atoms with Crippen LogP contribution in [0.5, 0.6) is 0 Å². The summed E-state index contributed by atoms with van der Waals surface area (Å²) >= 11 is 0. The van der Waals surface area contributed by atoms with Gasteiger partial charge in [0.1, 0.15) is 5.60 Å². The summed E-state index contributed by atoms with van der Waals surface area (Å²) in [4.78, 5) is 13.1. The summed E-state index contributed by atoms with van der Waals surface area (Å²) in [6.07, 6.45) is 7.66. The Bertz CT molecular complexity index is 571. The van der Waals surface area contributed by atoms with Crippen LogP contribution in [0.1, 0.15) is 59.3 Å². The van der Waals surface area contributed by atoms with Crippen LogP contribution >= 0.6 is 0 Å². The molecule has 6 rings (SSSR count). The molecular weight excluding hydrogens is 284 g/mol. The van der Waals surface area contributed by atoms with Crippen LogP contribution in [0.4, 0.5) is 0 Å². The molecule has 0 aromatic carbocycles. The van der Waals surface area contributed by atoms with E-state index in [1.54, 1.807) is 0 Å². The van der Waals surface area contributed by atoms with Gasteiger partial charge in [-0.05, 0) is 79.4 Å². The zero-order chi connectivity index (χ0) is 15.7. The maximum absolute atomic E-state index is 13.1. The third kappa shape index (κ3) is 1.17. The normalized spacial score (nSPS) is 66.3. The van der Waals surface area contributed by atoms with E-state index < -0.39 is 0 Å². The van der Waals surface area contributed by atoms with E-state index in [2.05, 4.69) is 20.8 Å². The number of carbonyl (C=O) groups excluding carboxylic acids is 1. The van der Waals surface area contributed by atoms with Gasteiger partial charge in [0.2, 0.25) is 0 Å². The predicted octanol–water partition coefficient (Wildman–Crippen LogP) is 4.28. The van der Waals surface area contributed by atoms with Crippen LogP contribution in [0.2, 0.25) is 0 Å². The topological polar surface area (TPSA) is 26.3 Å². The molecule has 23 heavy (non-hydrogen) atoms. The molecule has 126 valence electrons. The first-order valence-electron chi connectivity index (χ1n) is 10.3. The lowest BCUT2D eigenvalue weighted by Crippen LogP contribution is -2.90. The molecule has 1 spiro atoms. The highest BCUT2D eigenvalue weighted by Gasteiger charge is 2.90. The van der Waals surface area contributed by atoms with Crippen molar-refractivity contribution in [1.29, 1.82) is 0 Å². The first kappa shape index (κ1) is 13.7. The molecule has 0 saturated heterocycles. The molecule has 2 nitrogen and oxygen atoms in total. The largest absolute Gasteiger partial charge is 0.458 e. The molecule has 2 heteroatoms. The first-order chi connectivity index (χ1) is 11.0. The van der Waals surface area contributed by atoms with Gasteiger partial charge >= 0.3 is 5.97 Å². The highest BCUT2D eigenvalue weighted by atomic mass is 16.6. The van der Waals surface area contributed by atoms with Gasteiger partial charge in [-0.3, -0.25) is 4.79 Å². The lowest BCUT2D eigenvalue weighted by atomic mass is 9.14. The fourth-order valence-corrected chi connectivity index (χ4v) is 9.14. The smallest absolute Gasteiger partial charge is 0.309 e. The molecule has 6 aliphatic carbocycles. The van der Waals surface area contributed by atoms with Crippen molar-refractivity contribution in [3.63, 3.8) is 0 Å². The van der Waals surface area contributed by atoms with Crippen LogP contribution in [0.3, 0.4) is 0 Å². The molecule has 0 aromatic rings. The van der Waals surface area contributed by atoms with E-state index in [1.807, 2.05) is 0 Å². The highest BCUT2D eigenvalue weighted by molar-refractivity contribution is 5.74. The fraction of sp³-hybridized carbons (Fsp3) is 0.952. The summed E-state index contributed by atoms with van der Waals surface area (Å²) in [5.41, 5.74) is 0.647. The second-order valence-electron chi connectivity index (χ2n) is 10.2. The number of carbonyl (C=O) groups is 1. The van der Waals surface area contributed by atoms with Crippen LogP contribution in [-0.4, -0.2) is 11.6 Å². The van der Waals surface area contributed by atoms with Crippen molar-refractivity contribution in [2.45, 2.75) is 64.9 Å². The average Bonchev–Trinajstić information content (AvgIpc) is 3.02. The minimum absolute atomic E-state index is 0.0405. The van der Waals surface area contributed by atoms with Gasteiger partial charge in [-0.2, -0.15) is 0 Å². The van der Waals surface area contributed by atoms with Crippen LogP contribution in [-0.2, 0) is 9.53 Å². The van der Waals surface area contributed by atoms with Crippen molar-refractivity contribution in [3.05, 3.63) is 0 Å². The van der Waals surface area contributed by atoms with Crippen molar-refractivity contribution < 1.29 is 9.53 Å². The van der Waals surface area contributed by atoms with E-state index in [4.69, 9.17) is 4.74 Å². The highest BCUT2D eigenvalue weighted by Crippen LogP contribution is 2.91. The first-order valence-corrected chi connectivity index (χ1v) is 10.3.